The first-order valence-electron chi connectivity index (χ1n) is 5.19. The van der Waals surface area contributed by atoms with E-state index in [2.05, 4.69) is 0 Å². The Hall–Kier alpha value is -1.84. The number of rotatable bonds is 3. The highest BCUT2D eigenvalue weighted by Crippen LogP contribution is 2.37. The van der Waals surface area contributed by atoms with Gasteiger partial charge in [-0.1, -0.05) is 30.3 Å². The maximum absolute atomic E-state index is 11.0. The van der Waals surface area contributed by atoms with Gasteiger partial charge >= 0.3 is 6.09 Å². The molecule has 4 nitrogen and oxygen atoms in total. The minimum atomic E-state index is -0.798. The molecule has 1 aliphatic rings. The van der Waals surface area contributed by atoms with Crippen LogP contribution in [0.2, 0.25) is 0 Å². The van der Waals surface area contributed by atoms with Crippen LogP contribution >= 0.6 is 0 Å². The highest BCUT2D eigenvalue weighted by atomic mass is 16.6. The van der Waals surface area contributed by atoms with Crippen LogP contribution in [0.1, 0.15) is 24.5 Å². The lowest BCUT2D eigenvalue weighted by Crippen LogP contribution is -2.32. The summed E-state index contributed by atoms with van der Waals surface area (Å²) in [6.45, 7) is 0. The summed E-state index contributed by atoms with van der Waals surface area (Å²) in [5.41, 5.74) is 5.92. The van der Waals surface area contributed by atoms with Gasteiger partial charge in [0.1, 0.15) is 11.9 Å². The minimum Gasteiger partial charge on any atom is -0.441 e. The summed E-state index contributed by atoms with van der Waals surface area (Å²) in [6, 6.07) is 9.36. The van der Waals surface area contributed by atoms with E-state index in [-0.39, 0.29) is 11.7 Å². The molecule has 0 heterocycles. The van der Waals surface area contributed by atoms with Crippen molar-refractivity contribution < 1.29 is 14.3 Å². The van der Waals surface area contributed by atoms with Crippen molar-refractivity contribution in [1.29, 1.82) is 0 Å². The third-order valence-electron chi connectivity index (χ3n) is 2.78. The van der Waals surface area contributed by atoms with E-state index in [1.807, 2.05) is 30.3 Å². The fraction of sp³-hybridized carbons (Fsp3) is 0.333. The molecule has 0 aliphatic heterocycles. The Bertz CT molecular complexity index is 394. The standard InChI is InChI=1S/C12H13NO3/c13-12(15)16-11(9-6-10(14)7-9)8-4-2-1-3-5-8/h1-5,9,11H,6-7H2,(H2,13,15). The van der Waals surface area contributed by atoms with E-state index in [4.69, 9.17) is 10.5 Å². The van der Waals surface area contributed by atoms with Crippen molar-refractivity contribution in [2.24, 2.45) is 11.7 Å². The number of benzene rings is 1. The number of carbonyl (C=O) groups excluding carboxylic acids is 2. The van der Waals surface area contributed by atoms with Crippen LogP contribution < -0.4 is 5.73 Å². The summed E-state index contributed by atoms with van der Waals surface area (Å²) in [7, 11) is 0. The number of hydrogen-bond donors (Lipinski definition) is 1. The average Bonchev–Trinajstić information content (AvgIpc) is 2.23. The van der Waals surface area contributed by atoms with Crippen LogP contribution in [0.5, 0.6) is 0 Å². The van der Waals surface area contributed by atoms with E-state index in [1.165, 1.54) is 0 Å². The lowest BCUT2D eigenvalue weighted by atomic mass is 9.77. The van der Waals surface area contributed by atoms with E-state index in [1.54, 1.807) is 0 Å². The molecule has 1 aliphatic carbocycles. The van der Waals surface area contributed by atoms with Crippen molar-refractivity contribution in [3.8, 4) is 0 Å². The van der Waals surface area contributed by atoms with Gasteiger partial charge in [-0.2, -0.15) is 0 Å². The van der Waals surface area contributed by atoms with Gasteiger partial charge in [0.15, 0.2) is 0 Å². The zero-order chi connectivity index (χ0) is 11.5. The second kappa shape index (κ2) is 4.35. The Morgan fingerprint density at radius 3 is 2.44 bits per heavy atom. The molecule has 1 fully saturated rings. The summed E-state index contributed by atoms with van der Waals surface area (Å²) < 4.78 is 5.08. The van der Waals surface area contributed by atoms with Crippen LogP contribution in [0, 0.1) is 5.92 Å². The Morgan fingerprint density at radius 1 is 1.31 bits per heavy atom. The normalized spacial score (nSPS) is 17.6. The van der Waals surface area contributed by atoms with Crippen molar-refractivity contribution in [2.75, 3.05) is 0 Å². The molecule has 1 atom stereocenters. The molecular weight excluding hydrogens is 206 g/mol. The van der Waals surface area contributed by atoms with Crippen molar-refractivity contribution in [2.45, 2.75) is 18.9 Å². The Morgan fingerprint density at radius 2 is 1.94 bits per heavy atom. The van der Waals surface area contributed by atoms with Crippen LogP contribution in [0.15, 0.2) is 30.3 Å². The van der Waals surface area contributed by atoms with E-state index in [9.17, 15) is 9.59 Å². The third kappa shape index (κ3) is 2.21. The highest BCUT2D eigenvalue weighted by molar-refractivity contribution is 5.84. The fourth-order valence-corrected chi connectivity index (χ4v) is 1.94. The first-order chi connectivity index (χ1) is 7.66. The van der Waals surface area contributed by atoms with Gasteiger partial charge in [-0.15, -0.1) is 0 Å². The molecule has 2 N–H and O–H groups in total. The molecule has 16 heavy (non-hydrogen) atoms. The number of amides is 1. The van der Waals surface area contributed by atoms with Gasteiger partial charge < -0.3 is 10.5 Å². The summed E-state index contributed by atoms with van der Waals surface area (Å²) >= 11 is 0. The smallest absolute Gasteiger partial charge is 0.405 e. The third-order valence-corrected chi connectivity index (χ3v) is 2.78. The maximum atomic E-state index is 11.0. The predicted octanol–water partition coefficient (Wildman–Crippen LogP) is 1.80. The number of hydrogen-bond acceptors (Lipinski definition) is 3. The Labute approximate surface area is 93.4 Å². The van der Waals surface area contributed by atoms with Crippen molar-refractivity contribution in [3.05, 3.63) is 35.9 Å². The van der Waals surface area contributed by atoms with E-state index in [0.29, 0.717) is 12.8 Å². The molecule has 0 bridgehead atoms. The summed E-state index contributed by atoms with van der Waals surface area (Å²) in [5, 5.41) is 0. The molecule has 4 heteroatoms. The number of primary amides is 1. The predicted molar refractivity (Wildman–Crippen MR) is 57.6 cm³/mol. The SMILES string of the molecule is NC(=O)OC(c1ccccc1)C1CC(=O)C1. The Kier molecular flexibility index (Phi) is 2.90. The topological polar surface area (TPSA) is 69.4 Å². The first kappa shape index (κ1) is 10.7. The molecule has 84 valence electrons. The average molecular weight is 219 g/mol. The molecule has 2 rings (SSSR count). The van der Waals surface area contributed by atoms with Crippen LogP contribution in [0.25, 0.3) is 0 Å². The lowest BCUT2D eigenvalue weighted by Gasteiger charge is -2.31. The number of ether oxygens (including phenoxy) is 1. The van der Waals surface area contributed by atoms with Gasteiger partial charge in [-0.25, -0.2) is 4.79 Å². The van der Waals surface area contributed by atoms with Gasteiger partial charge in [0.05, 0.1) is 0 Å². The first-order valence-corrected chi connectivity index (χ1v) is 5.19. The molecule has 1 aromatic rings. The number of nitrogens with two attached hydrogens (primary N) is 1. The van der Waals surface area contributed by atoms with E-state index in [0.717, 1.165) is 5.56 Å². The molecule has 1 amide bonds. The number of carbonyl (C=O) groups is 2. The van der Waals surface area contributed by atoms with Gasteiger partial charge in [-0.3, -0.25) is 4.79 Å². The van der Waals surface area contributed by atoms with Crippen LogP contribution in [0.4, 0.5) is 4.79 Å². The minimum absolute atomic E-state index is 0.0717. The fourth-order valence-electron chi connectivity index (χ4n) is 1.94. The van der Waals surface area contributed by atoms with E-state index >= 15 is 0 Å². The number of ketones is 1. The van der Waals surface area contributed by atoms with Gasteiger partial charge in [0.25, 0.3) is 0 Å². The molecule has 0 spiro atoms. The van der Waals surface area contributed by atoms with Gasteiger partial charge in [0.2, 0.25) is 0 Å². The summed E-state index contributed by atoms with van der Waals surface area (Å²) in [5.74, 6) is 0.279. The highest BCUT2D eigenvalue weighted by Gasteiger charge is 2.36. The molecule has 0 saturated heterocycles. The van der Waals surface area contributed by atoms with Crippen molar-refractivity contribution >= 4 is 11.9 Å². The summed E-state index contributed by atoms with van der Waals surface area (Å²) in [4.78, 5) is 21.8. The van der Waals surface area contributed by atoms with Crippen molar-refractivity contribution in [1.82, 2.24) is 0 Å². The van der Waals surface area contributed by atoms with Gasteiger partial charge in [-0.05, 0) is 5.56 Å². The van der Waals surface area contributed by atoms with Gasteiger partial charge in [0, 0.05) is 18.8 Å². The second-order valence-electron chi connectivity index (χ2n) is 3.98. The van der Waals surface area contributed by atoms with Crippen LogP contribution in [0.3, 0.4) is 0 Å². The zero-order valence-electron chi connectivity index (χ0n) is 8.76. The summed E-state index contributed by atoms with van der Waals surface area (Å²) in [6.07, 6.45) is -0.260. The molecule has 1 aromatic carbocycles. The van der Waals surface area contributed by atoms with Crippen LogP contribution in [-0.2, 0) is 9.53 Å². The number of Topliss-reactive ketones (excluding diaryl/α,β-unsaturated/α-hetero) is 1. The molecule has 1 saturated carbocycles. The lowest BCUT2D eigenvalue weighted by molar-refractivity contribution is -0.130. The Balaban J connectivity index is 2.15. The molecule has 0 radical (unpaired) electrons. The second-order valence-corrected chi connectivity index (χ2v) is 3.98. The van der Waals surface area contributed by atoms with Crippen LogP contribution in [-0.4, -0.2) is 11.9 Å². The zero-order valence-corrected chi connectivity index (χ0v) is 8.76. The van der Waals surface area contributed by atoms with Crippen molar-refractivity contribution in [3.63, 3.8) is 0 Å². The molecule has 0 aromatic heterocycles. The van der Waals surface area contributed by atoms with E-state index < -0.39 is 12.2 Å². The monoisotopic (exact) mass is 219 g/mol. The quantitative estimate of drug-likeness (QED) is 0.842. The maximum Gasteiger partial charge on any atom is 0.405 e. The molecular formula is C12H13NO3. The largest absolute Gasteiger partial charge is 0.441 e. The molecule has 1 unspecified atom stereocenters.